The van der Waals surface area contributed by atoms with Gasteiger partial charge in [0, 0.05) is 17.1 Å². The summed E-state index contributed by atoms with van der Waals surface area (Å²) in [6, 6.07) is 15.6. The Hall–Kier alpha value is -1.41. The maximum Gasteiger partial charge on any atom is 0.0373 e. The molecule has 0 amide bonds. The van der Waals surface area contributed by atoms with Gasteiger partial charge in [-0.2, -0.15) is 0 Å². The molecule has 0 radical (unpaired) electrons. The fraction of sp³-hybridized carbons (Fsp3) is 0.250. The first kappa shape index (κ1) is 11.7. The molecule has 0 saturated heterocycles. The molecule has 0 aromatic heterocycles. The summed E-state index contributed by atoms with van der Waals surface area (Å²) in [5.74, 6) is 0. The third-order valence-corrected chi connectivity index (χ3v) is 4.21. The molecule has 1 N–H and O–H groups in total. The molecule has 0 unspecified atom stereocenters. The lowest BCUT2D eigenvalue weighted by molar-refractivity contribution is 0.830. The van der Waals surface area contributed by atoms with Crippen molar-refractivity contribution in [1.29, 1.82) is 0 Å². The first-order chi connectivity index (χ1) is 8.86. The fourth-order valence-corrected chi connectivity index (χ4v) is 2.85. The Morgan fingerprint density at radius 1 is 1.00 bits per heavy atom. The van der Waals surface area contributed by atoms with Gasteiger partial charge in [0.15, 0.2) is 0 Å². The standard InChI is InChI=1S/C16H17NS/c1-18-15-7-4-12(5-8-15)13-6-9-16-14(11-13)3-2-10-17-16/h4-9,11,17H,2-3,10H2,1H3. The Morgan fingerprint density at radius 2 is 1.78 bits per heavy atom. The van der Waals surface area contributed by atoms with Crippen LogP contribution in [0.4, 0.5) is 5.69 Å². The molecule has 0 bridgehead atoms. The van der Waals surface area contributed by atoms with Crippen LogP contribution >= 0.6 is 11.8 Å². The van der Waals surface area contributed by atoms with E-state index in [1.54, 1.807) is 11.8 Å². The summed E-state index contributed by atoms with van der Waals surface area (Å²) in [6.45, 7) is 1.11. The number of nitrogens with one attached hydrogen (secondary N) is 1. The van der Waals surface area contributed by atoms with Crippen molar-refractivity contribution in [3.8, 4) is 11.1 Å². The topological polar surface area (TPSA) is 12.0 Å². The number of rotatable bonds is 2. The Balaban J connectivity index is 1.95. The van der Waals surface area contributed by atoms with Gasteiger partial charge in [-0.05, 0) is 60.1 Å². The zero-order valence-electron chi connectivity index (χ0n) is 10.6. The smallest absolute Gasteiger partial charge is 0.0373 e. The minimum Gasteiger partial charge on any atom is -0.385 e. The molecule has 0 saturated carbocycles. The molecule has 1 nitrogen and oxygen atoms in total. The van der Waals surface area contributed by atoms with Gasteiger partial charge >= 0.3 is 0 Å². The Kier molecular flexibility index (Phi) is 3.28. The second-order valence-electron chi connectivity index (χ2n) is 4.63. The first-order valence-electron chi connectivity index (χ1n) is 6.38. The van der Waals surface area contributed by atoms with Gasteiger partial charge < -0.3 is 5.32 Å². The molecule has 0 aliphatic carbocycles. The molecule has 1 aliphatic rings. The lowest BCUT2D eigenvalue weighted by Crippen LogP contribution is -2.11. The third kappa shape index (κ3) is 2.25. The molecule has 1 heterocycles. The van der Waals surface area contributed by atoms with Crippen molar-refractivity contribution in [2.24, 2.45) is 0 Å². The molecule has 1 aliphatic heterocycles. The van der Waals surface area contributed by atoms with E-state index in [-0.39, 0.29) is 0 Å². The number of benzene rings is 2. The van der Waals surface area contributed by atoms with Crippen molar-refractivity contribution in [3.05, 3.63) is 48.0 Å². The van der Waals surface area contributed by atoms with E-state index in [1.807, 2.05) is 0 Å². The van der Waals surface area contributed by atoms with Gasteiger partial charge in [0.2, 0.25) is 0 Å². The van der Waals surface area contributed by atoms with Crippen molar-refractivity contribution in [3.63, 3.8) is 0 Å². The second-order valence-corrected chi connectivity index (χ2v) is 5.51. The van der Waals surface area contributed by atoms with Crippen molar-refractivity contribution >= 4 is 17.4 Å². The van der Waals surface area contributed by atoms with E-state index < -0.39 is 0 Å². The number of anilines is 1. The van der Waals surface area contributed by atoms with Gasteiger partial charge in [-0.15, -0.1) is 11.8 Å². The number of hydrogen-bond donors (Lipinski definition) is 1. The highest BCUT2D eigenvalue weighted by molar-refractivity contribution is 7.98. The summed E-state index contributed by atoms with van der Waals surface area (Å²) in [4.78, 5) is 1.32. The average molecular weight is 255 g/mol. The van der Waals surface area contributed by atoms with E-state index in [4.69, 9.17) is 0 Å². The minimum absolute atomic E-state index is 1.11. The van der Waals surface area contributed by atoms with Crippen LogP contribution in [0.5, 0.6) is 0 Å². The van der Waals surface area contributed by atoms with E-state index in [0.29, 0.717) is 0 Å². The van der Waals surface area contributed by atoms with Crippen LogP contribution in [0, 0.1) is 0 Å². The van der Waals surface area contributed by atoms with Crippen molar-refractivity contribution in [2.75, 3.05) is 18.1 Å². The summed E-state index contributed by atoms with van der Waals surface area (Å²) in [7, 11) is 0. The maximum atomic E-state index is 3.46. The summed E-state index contributed by atoms with van der Waals surface area (Å²) in [5.41, 5.74) is 5.39. The van der Waals surface area contributed by atoms with Crippen LogP contribution in [0.25, 0.3) is 11.1 Å². The van der Waals surface area contributed by atoms with Crippen LogP contribution in [0.2, 0.25) is 0 Å². The van der Waals surface area contributed by atoms with E-state index in [0.717, 1.165) is 6.54 Å². The largest absolute Gasteiger partial charge is 0.385 e. The molecule has 0 fully saturated rings. The van der Waals surface area contributed by atoms with E-state index in [2.05, 4.69) is 54.0 Å². The lowest BCUT2D eigenvalue weighted by Gasteiger charge is -2.18. The highest BCUT2D eigenvalue weighted by Crippen LogP contribution is 2.29. The van der Waals surface area contributed by atoms with Gasteiger partial charge in [-0.1, -0.05) is 18.2 Å². The maximum absolute atomic E-state index is 3.46. The van der Waals surface area contributed by atoms with Crippen molar-refractivity contribution in [2.45, 2.75) is 17.7 Å². The quantitative estimate of drug-likeness (QED) is 0.796. The molecule has 92 valence electrons. The average Bonchev–Trinajstić information content (AvgIpc) is 2.47. The SMILES string of the molecule is CSc1ccc(-c2ccc3c(c2)CCCN3)cc1. The van der Waals surface area contributed by atoms with Crippen LogP contribution in [0.1, 0.15) is 12.0 Å². The number of aryl methyl sites for hydroxylation is 1. The van der Waals surface area contributed by atoms with Crippen LogP contribution in [0.3, 0.4) is 0 Å². The Bertz CT molecular complexity index is 546. The number of thioether (sulfide) groups is 1. The third-order valence-electron chi connectivity index (χ3n) is 3.47. The molecular formula is C16H17NS. The molecule has 2 aromatic carbocycles. The zero-order valence-corrected chi connectivity index (χ0v) is 11.4. The zero-order chi connectivity index (χ0) is 12.4. The van der Waals surface area contributed by atoms with E-state index in [1.165, 1.54) is 40.1 Å². The highest BCUT2D eigenvalue weighted by Gasteiger charge is 2.09. The Labute approximate surface area is 113 Å². The van der Waals surface area contributed by atoms with Crippen LogP contribution in [-0.4, -0.2) is 12.8 Å². The molecule has 2 heteroatoms. The summed E-state index contributed by atoms with van der Waals surface area (Å²) >= 11 is 1.79. The summed E-state index contributed by atoms with van der Waals surface area (Å²) < 4.78 is 0. The second kappa shape index (κ2) is 5.07. The molecule has 18 heavy (non-hydrogen) atoms. The predicted molar refractivity (Wildman–Crippen MR) is 80.5 cm³/mol. The highest BCUT2D eigenvalue weighted by atomic mass is 32.2. The van der Waals surface area contributed by atoms with Crippen LogP contribution in [-0.2, 0) is 6.42 Å². The van der Waals surface area contributed by atoms with Gasteiger partial charge in [0.05, 0.1) is 0 Å². The van der Waals surface area contributed by atoms with Crippen molar-refractivity contribution < 1.29 is 0 Å². The van der Waals surface area contributed by atoms with Crippen molar-refractivity contribution in [1.82, 2.24) is 0 Å². The minimum atomic E-state index is 1.11. The Morgan fingerprint density at radius 3 is 2.56 bits per heavy atom. The molecule has 0 atom stereocenters. The van der Waals surface area contributed by atoms with Gasteiger partial charge in [0.25, 0.3) is 0 Å². The van der Waals surface area contributed by atoms with E-state index in [9.17, 15) is 0 Å². The monoisotopic (exact) mass is 255 g/mol. The first-order valence-corrected chi connectivity index (χ1v) is 7.60. The molecular weight excluding hydrogens is 238 g/mol. The van der Waals surface area contributed by atoms with Crippen LogP contribution in [0.15, 0.2) is 47.4 Å². The lowest BCUT2D eigenvalue weighted by atomic mass is 9.97. The van der Waals surface area contributed by atoms with Gasteiger partial charge in [0.1, 0.15) is 0 Å². The number of fused-ring (bicyclic) bond motifs is 1. The predicted octanol–water partition coefficient (Wildman–Crippen LogP) is 4.43. The van der Waals surface area contributed by atoms with E-state index >= 15 is 0 Å². The number of hydrogen-bond acceptors (Lipinski definition) is 2. The van der Waals surface area contributed by atoms with Gasteiger partial charge in [-0.25, -0.2) is 0 Å². The summed E-state index contributed by atoms with van der Waals surface area (Å²) in [5, 5.41) is 3.46. The van der Waals surface area contributed by atoms with Crippen LogP contribution < -0.4 is 5.32 Å². The molecule has 0 spiro atoms. The molecule has 3 rings (SSSR count). The molecule has 2 aromatic rings. The normalized spacial score (nSPS) is 13.8. The summed E-state index contributed by atoms with van der Waals surface area (Å²) in [6.07, 6.45) is 4.54. The van der Waals surface area contributed by atoms with Gasteiger partial charge in [-0.3, -0.25) is 0 Å². The fourth-order valence-electron chi connectivity index (χ4n) is 2.44.